The van der Waals surface area contributed by atoms with Gasteiger partial charge in [-0.1, -0.05) is 96.4 Å². The Bertz CT molecular complexity index is 1330. The minimum atomic E-state index is -1.01. The van der Waals surface area contributed by atoms with Gasteiger partial charge >= 0.3 is 0 Å². The van der Waals surface area contributed by atoms with Gasteiger partial charge in [0.2, 0.25) is 23.6 Å². The molecule has 15 N–H and O–H groups in total. The Balaban J connectivity index is 2.96. The van der Waals surface area contributed by atoms with Gasteiger partial charge in [-0.25, -0.2) is 0 Å². The number of nitrogens with one attached hydrogen (secondary N) is 5. The van der Waals surface area contributed by atoms with Crippen molar-refractivity contribution in [1.82, 2.24) is 21.3 Å². The van der Waals surface area contributed by atoms with Gasteiger partial charge in [0, 0.05) is 31.6 Å². The molecule has 0 aliphatic carbocycles. The minimum Gasteiger partial charge on any atom is -0.384 e. The number of carbonyl (C=O) groups excluding carboxylic acids is 4. The van der Waals surface area contributed by atoms with E-state index in [2.05, 4.69) is 38.2 Å². The van der Waals surface area contributed by atoms with Crippen molar-refractivity contribution < 1.29 is 19.2 Å². The average Bonchev–Trinajstić information content (AvgIpc) is 3.10. The van der Waals surface area contributed by atoms with Crippen LogP contribution >= 0.6 is 0 Å². The largest absolute Gasteiger partial charge is 0.384 e. The van der Waals surface area contributed by atoms with Crippen LogP contribution in [0.3, 0.4) is 0 Å². The molecule has 16 heteroatoms. The van der Waals surface area contributed by atoms with Gasteiger partial charge in [-0.3, -0.25) is 34.6 Å². The summed E-state index contributed by atoms with van der Waals surface area (Å²) in [5, 5.41) is 18.9. The molecule has 1 rings (SSSR count). The second-order valence-electron chi connectivity index (χ2n) is 13.7. The molecule has 298 valence electrons. The van der Waals surface area contributed by atoms with Crippen molar-refractivity contribution in [2.45, 2.75) is 135 Å². The van der Waals surface area contributed by atoms with Crippen molar-refractivity contribution in [3.8, 4) is 0 Å². The maximum absolute atomic E-state index is 13.7. The zero-order valence-electron chi connectivity index (χ0n) is 32.1. The van der Waals surface area contributed by atoms with Crippen molar-refractivity contribution in [1.29, 1.82) is 5.41 Å². The molecule has 4 amide bonds. The quantitative estimate of drug-likeness (QED) is 0.0339. The number of amidine groups is 1. The normalized spacial score (nSPS) is 12.5. The van der Waals surface area contributed by atoms with E-state index in [-0.39, 0.29) is 62.1 Å². The third kappa shape index (κ3) is 21.3. The SMILES string of the molecule is CCCCCCCCCCCC(=O)N[C@@H](CCCN=C(N)N)C(=O)N[C@H](C(=O)N[C@@H](CCCN=C(N)N)C(=O)NCc1ccc(C(=N)N)cc1)C(C)C. The molecule has 0 radical (unpaired) electrons. The molecule has 0 saturated carbocycles. The van der Waals surface area contributed by atoms with Crippen LogP contribution < -0.4 is 49.9 Å². The first-order valence-electron chi connectivity index (χ1n) is 19.0. The molecule has 3 atom stereocenters. The molecular weight excluding hydrogens is 676 g/mol. The summed E-state index contributed by atoms with van der Waals surface area (Å²) >= 11 is 0. The monoisotopic (exact) mass is 743 g/mol. The van der Waals surface area contributed by atoms with E-state index in [9.17, 15) is 19.2 Å². The van der Waals surface area contributed by atoms with E-state index in [0.717, 1.165) is 31.2 Å². The lowest BCUT2D eigenvalue weighted by molar-refractivity contribution is -0.134. The van der Waals surface area contributed by atoms with Gasteiger partial charge in [0.25, 0.3) is 0 Å². The lowest BCUT2D eigenvalue weighted by Crippen LogP contribution is -2.58. The predicted molar refractivity (Wildman–Crippen MR) is 212 cm³/mol. The number of hydrogen-bond donors (Lipinski definition) is 10. The summed E-state index contributed by atoms with van der Waals surface area (Å²) < 4.78 is 0. The maximum atomic E-state index is 13.7. The molecule has 0 heterocycles. The maximum Gasteiger partial charge on any atom is 0.243 e. The lowest BCUT2D eigenvalue weighted by Gasteiger charge is -2.27. The number of benzene rings is 1. The van der Waals surface area contributed by atoms with Gasteiger partial charge in [0.15, 0.2) is 11.9 Å². The number of guanidine groups is 2. The molecule has 16 nitrogen and oxygen atoms in total. The van der Waals surface area contributed by atoms with Gasteiger partial charge in [0.05, 0.1) is 0 Å². The standard InChI is InChI=1S/C37H66N12O4/c1-4-5-6-7-8-9-10-11-12-17-30(50)47-29(16-14-23-45-37(42)43)34(52)49-31(25(2)3)35(53)48-28(15-13-22-44-36(40)41)33(51)46-24-26-18-20-27(21-19-26)32(38)39/h18-21,25,28-29,31H,4-17,22-24H2,1-3H3,(H3,38,39)(H,46,51)(H,47,50)(H,48,53)(H,49,52)(H4,40,41,44)(H4,42,43,45)/t28-,29-,31-/m0/s1. The number of amides is 4. The van der Waals surface area contributed by atoms with Crippen molar-refractivity contribution >= 4 is 41.4 Å². The second-order valence-corrected chi connectivity index (χ2v) is 13.7. The summed E-state index contributed by atoms with van der Waals surface area (Å²) in [7, 11) is 0. The van der Waals surface area contributed by atoms with Crippen LogP contribution in [0.1, 0.15) is 122 Å². The number of hydrogen-bond acceptors (Lipinski definition) is 7. The van der Waals surface area contributed by atoms with Crippen molar-refractivity contribution in [3.05, 3.63) is 35.4 Å². The third-order valence-corrected chi connectivity index (χ3v) is 8.66. The number of nitrogen functional groups attached to an aromatic ring is 1. The Labute approximate surface area is 315 Å². The van der Waals surface area contributed by atoms with Crippen LogP contribution in [0.2, 0.25) is 0 Å². The van der Waals surface area contributed by atoms with Crippen LogP contribution in [-0.2, 0) is 25.7 Å². The Kier molecular flexibility index (Phi) is 23.3. The number of rotatable bonds is 28. The summed E-state index contributed by atoms with van der Waals surface area (Å²) in [6.07, 6.45) is 11.6. The second kappa shape index (κ2) is 26.8. The van der Waals surface area contributed by atoms with Gasteiger partial charge in [0.1, 0.15) is 24.0 Å². The summed E-state index contributed by atoms with van der Waals surface area (Å²) in [5.74, 6) is -2.33. The summed E-state index contributed by atoms with van der Waals surface area (Å²) in [5.41, 5.74) is 28.7. The smallest absolute Gasteiger partial charge is 0.243 e. The van der Waals surface area contributed by atoms with Crippen molar-refractivity contribution in [2.75, 3.05) is 13.1 Å². The highest BCUT2D eigenvalue weighted by Crippen LogP contribution is 2.12. The van der Waals surface area contributed by atoms with Crippen LogP contribution in [0.15, 0.2) is 34.3 Å². The first kappa shape index (κ1) is 46.1. The molecule has 0 aromatic heterocycles. The highest BCUT2D eigenvalue weighted by atomic mass is 16.2. The number of nitrogens with two attached hydrogens (primary N) is 5. The number of aliphatic imine (C=N–C) groups is 2. The molecule has 0 aliphatic heterocycles. The number of unbranched alkanes of at least 4 members (excludes halogenated alkanes) is 8. The third-order valence-electron chi connectivity index (χ3n) is 8.66. The lowest BCUT2D eigenvalue weighted by atomic mass is 10.0. The Morgan fingerprint density at radius 3 is 1.66 bits per heavy atom. The molecule has 1 aromatic carbocycles. The van der Waals surface area contributed by atoms with Gasteiger partial charge in [-0.15, -0.1) is 0 Å². The molecule has 0 bridgehead atoms. The molecule has 1 aromatic rings. The van der Waals surface area contributed by atoms with E-state index < -0.39 is 35.8 Å². The highest BCUT2D eigenvalue weighted by Gasteiger charge is 2.31. The summed E-state index contributed by atoms with van der Waals surface area (Å²) in [6, 6.07) is 3.97. The zero-order chi connectivity index (χ0) is 39.6. The van der Waals surface area contributed by atoms with Gasteiger partial charge < -0.3 is 49.9 Å². The fourth-order valence-electron chi connectivity index (χ4n) is 5.57. The first-order chi connectivity index (χ1) is 25.2. The Morgan fingerprint density at radius 2 is 1.17 bits per heavy atom. The molecule has 0 unspecified atom stereocenters. The van der Waals surface area contributed by atoms with Crippen LogP contribution in [0, 0.1) is 11.3 Å². The Hall–Kier alpha value is -4.89. The zero-order valence-corrected chi connectivity index (χ0v) is 32.1. The fourth-order valence-corrected chi connectivity index (χ4v) is 5.57. The molecule has 0 saturated heterocycles. The molecule has 0 aliphatic rings. The van der Waals surface area contributed by atoms with E-state index in [1.54, 1.807) is 38.1 Å². The minimum absolute atomic E-state index is 0.0651. The predicted octanol–water partition coefficient (Wildman–Crippen LogP) is 1.73. The van der Waals surface area contributed by atoms with Gasteiger partial charge in [-0.2, -0.15) is 0 Å². The van der Waals surface area contributed by atoms with Crippen LogP contribution in [0.5, 0.6) is 0 Å². The topological polar surface area (TPSA) is 295 Å². The molecule has 0 spiro atoms. The van der Waals surface area contributed by atoms with E-state index in [1.807, 2.05) is 0 Å². The van der Waals surface area contributed by atoms with E-state index in [4.69, 9.17) is 34.1 Å². The van der Waals surface area contributed by atoms with Crippen molar-refractivity contribution in [3.63, 3.8) is 0 Å². The molecule has 53 heavy (non-hydrogen) atoms. The molecular formula is C37H66N12O4. The van der Waals surface area contributed by atoms with E-state index in [0.29, 0.717) is 24.8 Å². The molecule has 0 fully saturated rings. The average molecular weight is 743 g/mol. The van der Waals surface area contributed by atoms with Gasteiger partial charge in [-0.05, 0) is 43.6 Å². The van der Waals surface area contributed by atoms with E-state index in [1.165, 1.54) is 32.1 Å². The first-order valence-corrected chi connectivity index (χ1v) is 19.0. The summed E-state index contributed by atoms with van der Waals surface area (Å²) in [6.45, 7) is 6.44. The van der Waals surface area contributed by atoms with Crippen LogP contribution in [0.4, 0.5) is 0 Å². The van der Waals surface area contributed by atoms with Crippen LogP contribution in [0.25, 0.3) is 0 Å². The highest BCUT2D eigenvalue weighted by molar-refractivity contribution is 5.95. The van der Waals surface area contributed by atoms with E-state index >= 15 is 0 Å². The van der Waals surface area contributed by atoms with Crippen LogP contribution in [-0.4, -0.2) is 72.6 Å². The number of nitrogens with zero attached hydrogens (tertiary/aromatic N) is 2. The Morgan fingerprint density at radius 1 is 0.660 bits per heavy atom. The fraction of sp³-hybridized carbons (Fsp3) is 0.649. The number of carbonyl (C=O) groups is 4. The summed E-state index contributed by atoms with van der Waals surface area (Å²) in [4.78, 5) is 61.6. The van der Waals surface area contributed by atoms with Crippen molar-refractivity contribution in [2.24, 2.45) is 44.6 Å².